The van der Waals surface area contributed by atoms with E-state index in [1.165, 1.54) is 14.0 Å². The number of esters is 1. The minimum absolute atomic E-state index is 0.246. The van der Waals surface area contributed by atoms with Crippen LogP contribution in [0.15, 0.2) is 30.3 Å². The Balaban J connectivity index is 2.03. The summed E-state index contributed by atoms with van der Waals surface area (Å²) in [5.74, 6) is -1.36. The summed E-state index contributed by atoms with van der Waals surface area (Å²) in [6.07, 6.45) is -1.08. The van der Waals surface area contributed by atoms with Crippen molar-refractivity contribution in [3.8, 4) is 0 Å². The number of para-hydroxylation sites is 1. The number of rotatable bonds is 3. The van der Waals surface area contributed by atoms with Gasteiger partial charge in [-0.15, -0.1) is 0 Å². The van der Waals surface area contributed by atoms with Gasteiger partial charge in [0.2, 0.25) is 0 Å². The van der Waals surface area contributed by atoms with E-state index in [1.807, 2.05) is 29.6 Å². The highest BCUT2D eigenvalue weighted by atomic mass is 16.5. The molecule has 0 bridgehead atoms. The van der Waals surface area contributed by atoms with Gasteiger partial charge in [-0.25, -0.2) is 9.59 Å². The Morgan fingerprint density at radius 3 is 2.62 bits per heavy atom. The lowest BCUT2D eigenvalue weighted by atomic mass is 10.2. The second-order valence-electron chi connectivity index (χ2n) is 4.39. The summed E-state index contributed by atoms with van der Waals surface area (Å²) < 4.78 is 5.01. The molecule has 0 aliphatic heterocycles. The molecule has 1 aromatic heterocycles. The quantitative estimate of drug-likeness (QED) is 0.738. The standard InChI is InChI=1S/C14H15N3O4/c1-8(12(18)17-14(20)15-2)21-13(19)11-7-9-5-3-4-6-10(9)16-11/h3-8,16H,1-2H3,(H2,15,17,18,20)/t8-/m0/s1. The van der Waals surface area contributed by atoms with E-state index in [-0.39, 0.29) is 5.69 Å². The van der Waals surface area contributed by atoms with E-state index < -0.39 is 24.0 Å². The normalized spacial score (nSPS) is 11.7. The zero-order chi connectivity index (χ0) is 15.4. The van der Waals surface area contributed by atoms with Crippen molar-refractivity contribution in [2.45, 2.75) is 13.0 Å². The second-order valence-corrected chi connectivity index (χ2v) is 4.39. The molecule has 2 aromatic rings. The van der Waals surface area contributed by atoms with Crippen LogP contribution < -0.4 is 10.6 Å². The minimum atomic E-state index is -1.08. The number of fused-ring (bicyclic) bond motifs is 1. The number of carbonyl (C=O) groups excluding carboxylic acids is 3. The fourth-order valence-electron chi connectivity index (χ4n) is 1.74. The average molecular weight is 289 g/mol. The number of imide groups is 1. The number of ether oxygens (including phenoxy) is 1. The van der Waals surface area contributed by atoms with E-state index in [9.17, 15) is 14.4 Å². The third kappa shape index (κ3) is 3.38. The molecule has 0 fully saturated rings. The van der Waals surface area contributed by atoms with Crippen molar-refractivity contribution in [2.24, 2.45) is 0 Å². The summed E-state index contributed by atoms with van der Waals surface area (Å²) in [7, 11) is 1.38. The number of hydrogen-bond acceptors (Lipinski definition) is 4. The predicted molar refractivity (Wildman–Crippen MR) is 75.8 cm³/mol. The molecule has 0 radical (unpaired) electrons. The Morgan fingerprint density at radius 1 is 1.24 bits per heavy atom. The summed E-state index contributed by atoms with van der Waals surface area (Å²) in [6, 6.07) is 8.35. The molecule has 0 saturated carbocycles. The van der Waals surface area contributed by atoms with E-state index in [4.69, 9.17) is 4.74 Å². The first-order valence-electron chi connectivity index (χ1n) is 6.32. The van der Waals surface area contributed by atoms with E-state index in [2.05, 4.69) is 10.3 Å². The first kappa shape index (κ1) is 14.6. The number of urea groups is 1. The van der Waals surface area contributed by atoms with Gasteiger partial charge in [-0.1, -0.05) is 18.2 Å². The highest BCUT2D eigenvalue weighted by molar-refractivity contribution is 5.99. The largest absolute Gasteiger partial charge is 0.448 e. The van der Waals surface area contributed by atoms with Crippen LogP contribution in [0, 0.1) is 0 Å². The van der Waals surface area contributed by atoms with E-state index in [1.54, 1.807) is 6.07 Å². The Bertz CT molecular complexity index is 659. The van der Waals surface area contributed by atoms with E-state index in [0.29, 0.717) is 0 Å². The molecule has 3 amide bonds. The maximum atomic E-state index is 12.0. The molecule has 110 valence electrons. The van der Waals surface area contributed by atoms with Crippen molar-refractivity contribution in [3.63, 3.8) is 0 Å². The fraction of sp³-hybridized carbons (Fsp3) is 0.214. The second kappa shape index (κ2) is 6.08. The van der Waals surface area contributed by atoms with Gasteiger partial charge >= 0.3 is 12.0 Å². The van der Waals surface area contributed by atoms with Gasteiger partial charge in [-0.2, -0.15) is 0 Å². The summed E-state index contributed by atoms with van der Waals surface area (Å²) in [6.45, 7) is 1.39. The van der Waals surface area contributed by atoms with Crippen molar-refractivity contribution in [1.82, 2.24) is 15.6 Å². The number of amides is 3. The Morgan fingerprint density at radius 2 is 1.95 bits per heavy atom. The zero-order valence-electron chi connectivity index (χ0n) is 11.6. The number of aromatic amines is 1. The third-order valence-corrected chi connectivity index (χ3v) is 2.87. The molecular formula is C14H15N3O4. The zero-order valence-corrected chi connectivity index (χ0v) is 11.6. The van der Waals surface area contributed by atoms with Crippen molar-refractivity contribution in [3.05, 3.63) is 36.0 Å². The van der Waals surface area contributed by atoms with E-state index >= 15 is 0 Å². The number of aromatic nitrogens is 1. The van der Waals surface area contributed by atoms with Crippen LogP contribution in [0.2, 0.25) is 0 Å². The topological polar surface area (TPSA) is 100 Å². The van der Waals surface area contributed by atoms with Gasteiger partial charge in [0.05, 0.1) is 0 Å². The molecule has 21 heavy (non-hydrogen) atoms. The lowest BCUT2D eigenvalue weighted by molar-refractivity contribution is -0.127. The average Bonchev–Trinajstić information content (AvgIpc) is 2.90. The van der Waals surface area contributed by atoms with Crippen LogP contribution in [-0.4, -0.2) is 36.0 Å². The number of H-pyrrole nitrogens is 1. The number of benzene rings is 1. The first-order chi connectivity index (χ1) is 10.0. The minimum Gasteiger partial charge on any atom is -0.448 e. The summed E-state index contributed by atoms with van der Waals surface area (Å²) in [4.78, 5) is 37.5. The van der Waals surface area contributed by atoms with Crippen LogP contribution in [0.25, 0.3) is 10.9 Å². The fourth-order valence-corrected chi connectivity index (χ4v) is 1.74. The van der Waals surface area contributed by atoms with Gasteiger partial charge in [0.15, 0.2) is 6.10 Å². The molecule has 0 aliphatic rings. The molecule has 7 heteroatoms. The SMILES string of the molecule is CNC(=O)NC(=O)[C@H](C)OC(=O)c1cc2ccccc2[nH]1. The predicted octanol–water partition coefficient (Wildman–Crippen LogP) is 1.17. The lowest BCUT2D eigenvalue weighted by Crippen LogP contribution is -2.43. The summed E-state index contributed by atoms with van der Waals surface area (Å²) in [5.41, 5.74) is 1.04. The van der Waals surface area contributed by atoms with Crippen molar-refractivity contribution in [2.75, 3.05) is 7.05 Å². The molecule has 1 heterocycles. The molecule has 7 nitrogen and oxygen atoms in total. The summed E-state index contributed by atoms with van der Waals surface area (Å²) >= 11 is 0. The molecule has 1 aromatic carbocycles. The number of nitrogens with one attached hydrogen (secondary N) is 3. The molecule has 3 N–H and O–H groups in total. The van der Waals surface area contributed by atoms with Crippen LogP contribution in [0.3, 0.4) is 0 Å². The molecular weight excluding hydrogens is 274 g/mol. The summed E-state index contributed by atoms with van der Waals surface area (Å²) in [5, 5.41) is 5.14. The molecule has 0 unspecified atom stereocenters. The number of carbonyl (C=O) groups is 3. The first-order valence-corrected chi connectivity index (χ1v) is 6.32. The van der Waals surface area contributed by atoms with E-state index in [0.717, 1.165) is 10.9 Å². The van der Waals surface area contributed by atoms with Gasteiger partial charge in [0.1, 0.15) is 5.69 Å². The maximum Gasteiger partial charge on any atom is 0.355 e. The monoisotopic (exact) mass is 289 g/mol. The van der Waals surface area contributed by atoms with Gasteiger partial charge in [-0.3, -0.25) is 10.1 Å². The molecule has 2 rings (SSSR count). The van der Waals surface area contributed by atoms with Gasteiger partial charge < -0.3 is 15.0 Å². The van der Waals surface area contributed by atoms with Gasteiger partial charge in [0, 0.05) is 18.0 Å². The van der Waals surface area contributed by atoms with Crippen LogP contribution in [0.1, 0.15) is 17.4 Å². The van der Waals surface area contributed by atoms with Gasteiger partial charge in [0.25, 0.3) is 5.91 Å². The molecule has 0 saturated heterocycles. The van der Waals surface area contributed by atoms with Crippen molar-refractivity contribution in [1.29, 1.82) is 0 Å². The molecule has 1 atom stereocenters. The third-order valence-electron chi connectivity index (χ3n) is 2.87. The Hall–Kier alpha value is -2.83. The highest BCUT2D eigenvalue weighted by Gasteiger charge is 2.21. The van der Waals surface area contributed by atoms with Crippen LogP contribution >= 0.6 is 0 Å². The van der Waals surface area contributed by atoms with Crippen LogP contribution in [0.5, 0.6) is 0 Å². The Labute approximate surface area is 120 Å². The van der Waals surface area contributed by atoms with Crippen molar-refractivity contribution >= 4 is 28.8 Å². The molecule has 0 spiro atoms. The van der Waals surface area contributed by atoms with Crippen LogP contribution in [-0.2, 0) is 9.53 Å². The smallest absolute Gasteiger partial charge is 0.355 e. The van der Waals surface area contributed by atoms with Crippen LogP contribution in [0.4, 0.5) is 4.79 Å². The Kier molecular flexibility index (Phi) is 4.22. The highest BCUT2D eigenvalue weighted by Crippen LogP contribution is 2.15. The number of hydrogen-bond donors (Lipinski definition) is 3. The molecule has 0 aliphatic carbocycles. The van der Waals surface area contributed by atoms with Gasteiger partial charge in [-0.05, 0) is 19.1 Å². The lowest BCUT2D eigenvalue weighted by Gasteiger charge is -2.11. The van der Waals surface area contributed by atoms with Crippen molar-refractivity contribution < 1.29 is 19.1 Å². The maximum absolute atomic E-state index is 12.0.